The molecular weight excluding hydrogens is 312 g/mol. The maximum Gasteiger partial charge on any atom is 0.224 e. The minimum atomic E-state index is 0.107. The van der Waals surface area contributed by atoms with Gasteiger partial charge in [-0.05, 0) is 28.7 Å². The van der Waals surface area contributed by atoms with Crippen LogP contribution in [0.4, 0.5) is 0 Å². The quantitative estimate of drug-likeness (QED) is 0.700. The smallest absolute Gasteiger partial charge is 0.224 e. The minimum Gasteiger partial charge on any atom is -0.396 e. The molecule has 1 aromatic heterocycles. The molecule has 1 aromatic rings. The normalized spacial score (nSPS) is 25.8. The summed E-state index contributed by atoms with van der Waals surface area (Å²) in [7, 11) is 0. The molecule has 3 rings (SSSR count). The first-order chi connectivity index (χ1) is 11.7. The van der Waals surface area contributed by atoms with E-state index in [1.165, 1.54) is 6.33 Å². The molecule has 0 radical (unpaired) electrons. The van der Waals surface area contributed by atoms with Gasteiger partial charge in [-0.3, -0.25) is 9.69 Å². The third kappa shape index (κ3) is 4.71. The monoisotopic (exact) mass is 338 g/mol. The van der Waals surface area contributed by atoms with Crippen molar-refractivity contribution in [2.75, 3.05) is 52.5 Å². The molecule has 9 heteroatoms. The lowest BCUT2D eigenvalue weighted by molar-refractivity contribution is -0.135. The number of piperidine rings is 1. The van der Waals surface area contributed by atoms with Crippen LogP contribution in [0.5, 0.6) is 0 Å². The molecule has 2 fully saturated rings. The zero-order valence-electron chi connectivity index (χ0n) is 14.0. The average Bonchev–Trinajstić information content (AvgIpc) is 3.13. The van der Waals surface area contributed by atoms with E-state index in [0.717, 1.165) is 45.8 Å². The zero-order chi connectivity index (χ0) is 16.8. The Bertz CT molecular complexity index is 505. The predicted molar refractivity (Wildman–Crippen MR) is 85.0 cm³/mol. The molecule has 2 aliphatic rings. The number of tetrazole rings is 1. The first kappa shape index (κ1) is 17.2. The summed E-state index contributed by atoms with van der Waals surface area (Å²) in [4.78, 5) is 16.8. The molecule has 134 valence electrons. The summed E-state index contributed by atoms with van der Waals surface area (Å²) < 4.78 is 6.96. The number of aliphatic hydroxyl groups excluding tert-OH is 1. The summed E-state index contributed by atoms with van der Waals surface area (Å²) in [5.41, 5.74) is 0. The highest BCUT2D eigenvalue weighted by Crippen LogP contribution is 2.23. The molecule has 0 aromatic carbocycles. The zero-order valence-corrected chi connectivity index (χ0v) is 14.0. The number of amides is 1. The highest BCUT2D eigenvalue weighted by Gasteiger charge is 2.30. The first-order valence-corrected chi connectivity index (χ1v) is 8.64. The molecule has 9 nitrogen and oxygen atoms in total. The number of carbonyl (C=O) groups excluding carboxylic acids is 1. The van der Waals surface area contributed by atoms with Crippen LogP contribution >= 0.6 is 0 Å². The first-order valence-electron chi connectivity index (χ1n) is 8.64. The van der Waals surface area contributed by atoms with Crippen LogP contribution in [-0.2, 0) is 16.1 Å². The summed E-state index contributed by atoms with van der Waals surface area (Å²) in [6, 6.07) is 0. The number of aryl methyl sites for hydroxylation is 1. The van der Waals surface area contributed by atoms with Crippen molar-refractivity contribution in [3.05, 3.63) is 6.33 Å². The predicted octanol–water partition coefficient (Wildman–Crippen LogP) is -1.15. The van der Waals surface area contributed by atoms with Crippen LogP contribution in [0, 0.1) is 11.8 Å². The van der Waals surface area contributed by atoms with Gasteiger partial charge in [0.25, 0.3) is 0 Å². The van der Waals surface area contributed by atoms with Gasteiger partial charge in [-0.15, -0.1) is 5.10 Å². The number of hydrogen-bond donors (Lipinski definition) is 1. The van der Waals surface area contributed by atoms with Gasteiger partial charge < -0.3 is 14.7 Å². The van der Waals surface area contributed by atoms with E-state index < -0.39 is 0 Å². The van der Waals surface area contributed by atoms with Gasteiger partial charge in [-0.1, -0.05) is 0 Å². The summed E-state index contributed by atoms with van der Waals surface area (Å²) >= 11 is 0. The molecule has 0 unspecified atom stereocenters. The lowest BCUT2D eigenvalue weighted by Gasteiger charge is -2.40. The number of carbonyl (C=O) groups is 1. The Balaban J connectivity index is 1.52. The fourth-order valence-corrected chi connectivity index (χ4v) is 3.59. The molecule has 2 aliphatic heterocycles. The van der Waals surface area contributed by atoms with Crippen molar-refractivity contribution in [2.45, 2.75) is 19.4 Å². The van der Waals surface area contributed by atoms with E-state index in [1.807, 2.05) is 4.90 Å². The lowest BCUT2D eigenvalue weighted by Crippen LogP contribution is -2.49. The van der Waals surface area contributed by atoms with E-state index in [-0.39, 0.29) is 18.4 Å². The molecule has 3 heterocycles. The fourth-order valence-electron chi connectivity index (χ4n) is 3.59. The Hall–Kier alpha value is -1.58. The Morgan fingerprint density at radius 2 is 2.04 bits per heavy atom. The molecule has 0 aliphatic carbocycles. The van der Waals surface area contributed by atoms with Gasteiger partial charge >= 0.3 is 0 Å². The summed E-state index contributed by atoms with van der Waals surface area (Å²) in [6.45, 7) is 6.47. The molecule has 1 amide bonds. The lowest BCUT2D eigenvalue weighted by atomic mass is 9.89. The third-order valence-corrected chi connectivity index (χ3v) is 4.80. The molecule has 0 bridgehead atoms. The second-order valence-electron chi connectivity index (χ2n) is 6.68. The number of morpholine rings is 1. The van der Waals surface area contributed by atoms with E-state index in [1.54, 1.807) is 4.68 Å². The van der Waals surface area contributed by atoms with Crippen molar-refractivity contribution in [3.8, 4) is 0 Å². The van der Waals surface area contributed by atoms with Crippen molar-refractivity contribution in [1.82, 2.24) is 30.0 Å². The molecular formula is C15H26N6O3. The van der Waals surface area contributed by atoms with Gasteiger partial charge in [0.05, 0.1) is 19.8 Å². The number of nitrogens with zero attached hydrogens (tertiary/aromatic N) is 6. The van der Waals surface area contributed by atoms with Crippen molar-refractivity contribution >= 4 is 5.91 Å². The molecule has 0 saturated carbocycles. The Kier molecular flexibility index (Phi) is 6.11. The van der Waals surface area contributed by atoms with E-state index in [2.05, 4.69) is 20.4 Å². The number of likely N-dealkylation sites (tertiary alicyclic amines) is 1. The van der Waals surface area contributed by atoms with Crippen LogP contribution in [0.2, 0.25) is 0 Å². The summed E-state index contributed by atoms with van der Waals surface area (Å²) in [5, 5.41) is 20.5. The van der Waals surface area contributed by atoms with Gasteiger partial charge in [0.15, 0.2) is 0 Å². The van der Waals surface area contributed by atoms with Crippen molar-refractivity contribution in [1.29, 1.82) is 0 Å². The maximum absolute atomic E-state index is 12.5. The highest BCUT2D eigenvalue weighted by atomic mass is 16.5. The Morgan fingerprint density at radius 1 is 1.25 bits per heavy atom. The third-order valence-electron chi connectivity index (χ3n) is 4.80. The number of aromatic nitrogens is 4. The second kappa shape index (κ2) is 8.50. The SMILES string of the molecule is O=C(CCn1cnnn1)N1C[C@H](CO)C[C@@H](CN2CCOCC2)C1. The van der Waals surface area contributed by atoms with Gasteiger partial charge in [-0.25, -0.2) is 4.68 Å². The number of ether oxygens (including phenoxy) is 1. The van der Waals surface area contributed by atoms with Gasteiger partial charge in [-0.2, -0.15) is 0 Å². The number of rotatable bonds is 6. The standard InChI is InChI=1S/C15H26N6O3/c22-11-14-7-13(8-19-3-5-24-6-4-19)9-20(10-14)15(23)1-2-21-12-16-17-18-21/h12-14,22H,1-11H2/t13-,14+/m0/s1. The summed E-state index contributed by atoms with van der Waals surface area (Å²) in [6.07, 6.45) is 2.87. The number of hydrogen-bond acceptors (Lipinski definition) is 7. The molecule has 24 heavy (non-hydrogen) atoms. The van der Waals surface area contributed by atoms with Crippen LogP contribution in [0.15, 0.2) is 6.33 Å². The van der Waals surface area contributed by atoms with Crippen LogP contribution in [0.25, 0.3) is 0 Å². The molecule has 2 saturated heterocycles. The maximum atomic E-state index is 12.5. The Morgan fingerprint density at radius 3 is 2.75 bits per heavy atom. The van der Waals surface area contributed by atoms with Crippen LogP contribution in [0.1, 0.15) is 12.8 Å². The Labute approximate surface area is 141 Å². The van der Waals surface area contributed by atoms with E-state index >= 15 is 0 Å². The fraction of sp³-hybridized carbons (Fsp3) is 0.867. The van der Waals surface area contributed by atoms with Gasteiger partial charge in [0.1, 0.15) is 6.33 Å². The topological polar surface area (TPSA) is 96.6 Å². The molecule has 0 spiro atoms. The van der Waals surface area contributed by atoms with E-state index in [4.69, 9.17) is 4.74 Å². The van der Waals surface area contributed by atoms with Crippen molar-refractivity contribution in [2.24, 2.45) is 11.8 Å². The van der Waals surface area contributed by atoms with E-state index in [9.17, 15) is 9.90 Å². The van der Waals surface area contributed by atoms with E-state index in [0.29, 0.717) is 25.4 Å². The second-order valence-corrected chi connectivity index (χ2v) is 6.68. The van der Waals surface area contributed by atoms with Crippen LogP contribution in [0.3, 0.4) is 0 Å². The van der Waals surface area contributed by atoms with Crippen molar-refractivity contribution in [3.63, 3.8) is 0 Å². The molecule has 2 atom stereocenters. The summed E-state index contributed by atoms with van der Waals surface area (Å²) in [5.74, 6) is 0.684. The number of aliphatic hydroxyl groups is 1. The highest BCUT2D eigenvalue weighted by molar-refractivity contribution is 5.76. The van der Waals surface area contributed by atoms with Crippen molar-refractivity contribution < 1.29 is 14.6 Å². The largest absolute Gasteiger partial charge is 0.396 e. The van der Waals surface area contributed by atoms with Gasteiger partial charge in [0.2, 0.25) is 5.91 Å². The minimum absolute atomic E-state index is 0.107. The average molecular weight is 338 g/mol. The molecule has 1 N–H and O–H groups in total. The van der Waals surface area contributed by atoms with Crippen LogP contribution < -0.4 is 0 Å². The van der Waals surface area contributed by atoms with Gasteiger partial charge in [0, 0.05) is 45.8 Å². The van der Waals surface area contributed by atoms with Crippen LogP contribution in [-0.4, -0.2) is 93.6 Å².